The average Bonchev–Trinajstić information content (AvgIpc) is 3.99. The Morgan fingerprint density at radius 2 is 1.86 bits per heavy atom. The minimum absolute atomic E-state index is 0.0221. The molecule has 15 nitrogen and oxygen atoms in total. The van der Waals surface area contributed by atoms with Gasteiger partial charge in [0.2, 0.25) is 27.7 Å². The summed E-state index contributed by atoms with van der Waals surface area (Å²) in [6.45, 7) is 11.3. The Kier molecular flexibility index (Phi) is 13.4. The van der Waals surface area contributed by atoms with Crippen molar-refractivity contribution in [3.63, 3.8) is 0 Å². The molecule has 2 aliphatic carbocycles. The number of alkyl carbamates (subject to hydrolysis) is 1. The van der Waals surface area contributed by atoms with Crippen molar-refractivity contribution in [3.8, 4) is 17.4 Å². The van der Waals surface area contributed by atoms with E-state index in [2.05, 4.69) is 21.9 Å². The number of benzene rings is 1. The highest BCUT2D eigenvalue weighted by Gasteiger charge is 2.49. The molecule has 0 spiro atoms. The second kappa shape index (κ2) is 18.1. The van der Waals surface area contributed by atoms with Crippen LogP contribution >= 0.6 is 0 Å². The smallest absolute Gasteiger partial charge is 0.407 e. The van der Waals surface area contributed by atoms with Gasteiger partial charge in [-0.15, -0.1) is 6.58 Å². The fourth-order valence-corrected chi connectivity index (χ4v) is 9.69. The number of hydrogen-bond donors (Lipinski definition) is 3. The van der Waals surface area contributed by atoms with Gasteiger partial charge in [0.15, 0.2) is 0 Å². The number of ether oxygens (including phenoxy) is 4. The summed E-state index contributed by atoms with van der Waals surface area (Å²) in [6.07, 6.45) is 7.38. The molecular weight excluding hydrogens is 767 g/mol. The molecule has 58 heavy (non-hydrogen) atoms. The van der Waals surface area contributed by atoms with Crippen molar-refractivity contribution in [2.24, 2.45) is 17.8 Å². The first-order valence-electron chi connectivity index (χ1n) is 20.7. The second-order valence-electron chi connectivity index (χ2n) is 16.6. The van der Waals surface area contributed by atoms with Crippen molar-refractivity contribution in [1.82, 2.24) is 25.2 Å². The van der Waals surface area contributed by atoms with Crippen LogP contribution in [0.3, 0.4) is 0 Å². The van der Waals surface area contributed by atoms with Crippen molar-refractivity contribution >= 4 is 44.7 Å². The van der Waals surface area contributed by atoms with Gasteiger partial charge in [-0.3, -0.25) is 19.1 Å². The summed E-state index contributed by atoms with van der Waals surface area (Å²) < 4.78 is 52.0. The van der Waals surface area contributed by atoms with Crippen LogP contribution in [0.4, 0.5) is 4.79 Å². The predicted octanol–water partition coefficient (Wildman–Crippen LogP) is 4.94. The summed E-state index contributed by atoms with van der Waals surface area (Å²) in [7, 11) is -2.35. The number of carbonyl (C=O) groups is 4. The predicted molar refractivity (Wildman–Crippen MR) is 217 cm³/mol. The molecule has 4 aliphatic rings. The van der Waals surface area contributed by atoms with Crippen LogP contribution in [-0.2, 0) is 35.6 Å². The number of aromatic nitrogens is 1. The van der Waals surface area contributed by atoms with Crippen molar-refractivity contribution < 1.29 is 46.5 Å². The van der Waals surface area contributed by atoms with E-state index in [1.54, 1.807) is 20.1 Å². The maximum atomic E-state index is 14.9. The van der Waals surface area contributed by atoms with Gasteiger partial charge in [-0.2, -0.15) is 0 Å². The molecule has 6 atom stereocenters. The van der Waals surface area contributed by atoms with Crippen LogP contribution in [0.5, 0.6) is 17.4 Å². The Morgan fingerprint density at radius 1 is 1.12 bits per heavy atom. The lowest BCUT2D eigenvalue weighted by atomic mass is 9.83. The molecular formula is C42H59N5O10S. The van der Waals surface area contributed by atoms with Gasteiger partial charge >= 0.3 is 6.09 Å². The van der Waals surface area contributed by atoms with E-state index >= 15 is 0 Å². The maximum absolute atomic E-state index is 14.9. The fourth-order valence-electron chi connectivity index (χ4n) is 8.29. The van der Waals surface area contributed by atoms with E-state index in [9.17, 15) is 27.6 Å². The molecule has 3 N–H and O–H groups in total. The number of rotatable bonds is 11. The van der Waals surface area contributed by atoms with E-state index in [0.717, 1.165) is 37.7 Å². The summed E-state index contributed by atoms with van der Waals surface area (Å²) >= 11 is 0. The minimum Gasteiger partial charge on any atom is -0.496 e. The van der Waals surface area contributed by atoms with Crippen molar-refractivity contribution in [2.45, 2.75) is 127 Å². The van der Waals surface area contributed by atoms with Crippen molar-refractivity contribution in [2.75, 3.05) is 26.9 Å². The van der Waals surface area contributed by atoms with Crippen LogP contribution in [0.2, 0.25) is 0 Å². The van der Waals surface area contributed by atoms with E-state index in [0.29, 0.717) is 67.0 Å². The van der Waals surface area contributed by atoms with Gasteiger partial charge in [0.25, 0.3) is 5.91 Å². The molecule has 2 saturated carbocycles. The lowest BCUT2D eigenvalue weighted by molar-refractivity contribution is -0.143. The molecule has 4 bridgehead atoms. The quantitative estimate of drug-likeness (QED) is 0.260. The van der Waals surface area contributed by atoms with E-state index in [-0.39, 0.29) is 31.4 Å². The molecule has 1 aromatic heterocycles. The summed E-state index contributed by atoms with van der Waals surface area (Å²) in [6, 6.07) is 3.39. The van der Waals surface area contributed by atoms with E-state index in [1.165, 1.54) is 17.9 Å². The zero-order chi connectivity index (χ0) is 41.8. The van der Waals surface area contributed by atoms with E-state index < -0.39 is 68.7 Å². The van der Waals surface area contributed by atoms with Crippen molar-refractivity contribution in [1.29, 1.82) is 0 Å². The molecule has 3 fully saturated rings. The fraction of sp³-hybridized carbons (Fsp3) is 0.643. The number of cyclic esters (lactones) is 1. The first kappa shape index (κ1) is 43.0. The largest absolute Gasteiger partial charge is 0.496 e. The van der Waals surface area contributed by atoms with Gasteiger partial charge in [0.1, 0.15) is 35.2 Å². The normalized spacial score (nSPS) is 25.2. The lowest BCUT2D eigenvalue weighted by Crippen LogP contribution is -2.64. The lowest BCUT2D eigenvalue weighted by Gasteiger charge is -2.37. The SMILES string of the molecule is C=C[C@H](C)[C@@](C)(NC(=O)[C@@H]1C[C@@H]2CN1C(=O)[C@H](C1CCCCC1)NC(=O)OC[C@H](C)CCCc1cc3c(cc(OCC)nc3cc1OC)O2)C(=O)NS(=O)(=O)C1CC1. The van der Waals surface area contributed by atoms with E-state index in [1.807, 2.05) is 26.0 Å². The van der Waals surface area contributed by atoms with Gasteiger partial charge in [-0.25, -0.2) is 18.2 Å². The highest BCUT2D eigenvalue weighted by molar-refractivity contribution is 7.91. The first-order chi connectivity index (χ1) is 27.7. The monoisotopic (exact) mass is 825 g/mol. The molecule has 0 radical (unpaired) electrons. The number of nitrogens with one attached hydrogen (secondary N) is 3. The van der Waals surface area contributed by atoms with Gasteiger partial charge < -0.3 is 34.5 Å². The summed E-state index contributed by atoms with van der Waals surface area (Å²) in [5.74, 6) is -1.49. The summed E-state index contributed by atoms with van der Waals surface area (Å²) in [4.78, 5) is 62.9. The highest BCUT2D eigenvalue weighted by atomic mass is 32.2. The molecule has 1 saturated heterocycles. The number of nitrogens with zero attached hydrogens (tertiary/aromatic N) is 2. The third-order valence-electron chi connectivity index (χ3n) is 12.2. The Morgan fingerprint density at radius 3 is 2.53 bits per heavy atom. The second-order valence-corrected chi connectivity index (χ2v) is 18.5. The van der Waals surface area contributed by atoms with Crippen LogP contribution in [-0.4, -0.2) is 98.0 Å². The van der Waals surface area contributed by atoms with Crippen molar-refractivity contribution in [3.05, 3.63) is 36.4 Å². The topological polar surface area (TPSA) is 192 Å². The molecule has 0 unspecified atom stereocenters. The maximum Gasteiger partial charge on any atom is 0.407 e. The zero-order valence-corrected chi connectivity index (χ0v) is 35.2. The molecule has 6 rings (SSSR count). The molecule has 4 amide bonds. The molecule has 3 heterocycles. The minimum atomic E-state index is -3.96. The molecule has 2 aromatic rings. The number of pyridine rings is 1. The Balaban J connectivity index is 1.41. The number of carbonyl (C=O) groups excluding carboxylic acids is 4. The van der Waals surface area contributed by atoms with Gasteiger partial charge in [-0.05, 0) is 82.3 Å². The third kappa shape index (κ3) is 9.64. The first-order valence-corrected chi connectivity index (χ1v) is 22.3. The highest BCUT2D eigenvalue weighted by Crippen LogP contribution is 2.38. The standard InChI is InChI=1S/C42H59N5O10S/c1-7-26(4)42(5,40(50)46-58(52,53)30-17-18-30)45-38(48)33-20-29-23-47(33)39(49)37(27-14-10-9-11-15-27)44-41(51)56-24-25(3)13-12-16-28-19-31-32(21-34(28)54-6)43-36(55-8-2)22-35(31)57-29/h7,19,21-22,25-27,29-30,33,37H,1,8-18,20,23-24H2,2-6H3,(H,44,51)(H,45,48)(H,46,50)/t25-,26+,29-,33+,37+,42-/m1/s1. The Bertz CT molecular complexity index is 1980. The molecule has 318 valence electrons. The zero-order valence-electron chi connectivity index (χ0n) is 34.3. The summed E-state index contributed by atoms with van der Waals surface area (Å²) in [5.41, 5.74) is -0.240. The Labute approximate surface area is 341 Å². The number of aryl methyl sites for hydroxylation is 1. The van der Waals surface area contributed by atoms with Crippen LogP contribution in [0.25, 0.3) is 10.9 Å². The van der Waals surface area contributed by atoms with Crippen LogP contribution in [0.15, 0.2) is 30.9 Å². The van der Waals surface area contributed by atoms with Crippen LogP contribution < -0.4 is 29.6 Å². The molecule has 1 aromatic carbocycles. The average molecular weight is 826 g/mol. The van der Waals surface area contributed by atoms with Gasteiger partial charge in [-0.1, -0.05) is 39.2 Å². The Hall–Kier alpha value is -4.60. The van der Waals surface area contributed by atoms with Gasteiger partial charge in [0.05, 0.1) is 37.6 Å². The molecule has 16 heteroatoms. The third-order valence-corrected chi connectivity index (χ3v) is 14.0. The number of methoxy groups -OCH3 is 1. The molecule has 2 aliphatic heterocycles. The number of hydrogen-bond acceptors (Lipinski definition) is 11. The summed E-state index contributed by atoms with van der Waals surface area (Å²) in [5, 5.41) is 5.75. The number of sulfonamides is 1. The van der Waals surface area contributed by atoms with Crippen LogP contribution in [0, 0.1) is 17.8 Å². The van der Waals surface area contributed by atoms with E-state index in [4.69, 9.17) is 23.9 Å². The number of fused-ring (bicyclic) bond motifs is 3. The van der Waals surface area contributed by atoms with Crippen LogP contribution in [0.1, 0.15) is 97.5 Å². The van der Waals surface area contributed by atoms with Gasteiger partial charge in [0, 0.05) is 29.9 Å². The number of amides is 4.